The summed E-state index contributed by atoms with van der Waals surface area (Å²) in [6, 6.07) is 6.04. The van der Waals surface area contributed by atoms with Gasteiger partial charge >= 0.3 is 11.4 Å². The van der Waals surface area contributed by atoms with Crippen molar-refractivity contribution in [1.82, 2.24) is 19.1 Å². The van der Waals surface area contributed by atoms with E-state index in [1.165, 1.54) is 16.7 Å². The fourth-order valence-corrected chi connectivity index (χ4v) is 3.06. The van der Waals surface area contributed by atoms with Crippen molar-refractivity contribution >= 4 is 16.9 Å². The van der Waals surface area contributed by atoms with Crippen molar-refractivity contribution in [3.05, 3.63) is 61.0 Å². The van der Waals surface area contributed by atoms with E-state index in [9.17, 15) is 19.7 Å². The maximum atomic E-state index is 12.4. The van der Waals surface area contributed by atoms with E-state index in [2.05, 4.69) is 9.97 Å². The Balaban J connectivity index is 2.05. The highest BCUT2D eigenvalue weighted by Gasteiger charge is 2.19. The van der Waals surface area contributed by atoms with Crippen LogP contribution in [0.2, 0.25) is 0 Å². The summed E-state index contributed by atoms with van der Waals surface area (Å²) < 4.78 is 8.73. The molecule has 0 saturated heterocycles. The van der Waals surface area contributed by atoms with Gasteiger partial charge in [-0.2, -0.15) is 0 Å². The summed E-state index contributed by atoms with van der Waals surface area (Å²) in [5.74, 6) is 0.525. The molecule has 0 unspecified atom stereocenters. The van der Waals surface area contributed by atoms with Crippen molar-refractivity contribution in [2.45, 2.75) is 46.4 Å². The number of nitro groups is 1. The molecule has 0 aliphatic rings. The van der Waals surface area contributed by atoms with Crippen LogP contribution in [0.4, 0.5) is 5.69 Å². The van der Waals surface area contributed by atoms with Gasteiger partial charge in [0.1, 0.15) is 12.4 Å². The van der Waals surface area contributed by atoms with Crippen LogP contribution >= 0.6 is 0 Å². The molecule has 0 radical (unpaired) electrons. The number of hydrogen-bond acceptors (Lipinski definition) is 6. The molecule has 0 aliphatic carbocycles. The third-order valence-electron chi connectivity index (χ3n) is 4.43. The minimum Gasteiger partial charge on any atom is -0.479 e. The number of ether oxygens (including phenoxy) is 1. The summed E-state index contributed by atoms with van der Waals surface area (Å²) in [7, 11) is 0. The molecule has 0 atom stereocenters. The SMILES string of the molecule is CCCCn1c(=O)[nH]c(=O)c2c1nc(COc1ccccc1[N+](=O)[O-])n2CC. The first-order valence-electron chi connectivity index (χ1n) is 9.06. The van der Waals surface area contributed by atoms with Gasteiger partial charge in [-0.05, 0) is 19.4 Å². The van der Waals surface area contributed by atoms with Crippen molar-refractivity contribution in [3.8, 4) is 5.75 Å². The molecular weight excluding hydrogens is 366 g/mol. The number of rotatable bonds is 8. The summed E-state index contributed by atoms with van der Waals surface area (Å²) in [5.41, 5.74) is -0.583. The van der Waals surface area contributed by atoms with E-state index in [-0.39, 0.29) is 18.0 Å². The normalized spacial score (nSPS) is 11.1. The van der Waals surface area contributed by atoms with Crippen molar-refractivity contribution < 1.29 is 9.66 Å². The van der Waals surface area contributed by atoms with Gasteiger partial charge in [-0.3, -0.25) is 24.5 Å². The molecular formula is C18H21N5O5. The number of aryl methyl sites for hydroxylation is 2. The summed E-state index contributed by atoms with van der Waals surface area (Å²) >= 11 is 0. The average Bonchev–Trinajstić information content (AvgIpc) is 3.05. The average molecular weight is 387 g/mol. The molecule has 28 heavy (non-hydrogen) atoms. The number of imidazole rings is 1. The maximum absolute atomic E-state index is 12.4. The van der Waals surface area contributed by atoms with Crippen LogP contribution in [0.25, 0.3) is 11.2 Å². The van der Waals surface area contributed by atoms with Gasteiger partial charge in [-0.15, -0.1) is 0 Å². The Morgan fingerprint density at radius 3 is 2.64 bits per heavy atom. The molecule has 0 aliphatic heterocycles. The van der Waals surface area contributed by atoms with E-state index in [1.807, 2.05) is 13.8 Å². The number of nitrogens with one attached hydrogen (secondary N) is 1. The van der Waals surface area contributed by atoms with Crippen molar-refractivity contribution in [1.29, 1.82) is 0 Å². The van der Waals surface area contributed by atoms with E-state index in [0.29, 0.717) is 30.1 Å². The Bertz CT molecular complexity index is 1130. The van der Waals surface area contributed by atoms with Gasteiger partial charge in [0.15, 0.2) is 16.9 Å². The lowest BCUT2D eigenvalue weighted by atomic mass is 10.3. The molecule has 0 amide bonds. The Labute approximate surface area is 159 Å². The maximum Gasteiger partial charge on any atom is 0.330 e. The quantitative estimate of drug-likeness (QED) is 0.466. The third-order valence-corrected chi connectivity index (χ3v) is 4.43. The minimum absolute atomic E-state index is 0.0746. The van der Waals surface area contributed by atoms with E-state index in [1.54, 1.807) is 16.7 Å². The first-order chi connectivity index (χ1) is 13.5. The topological polar surface area (TPSA) is 125 Å². The van der Waals surface area contributed by atoms with Gasteiger partial charge in [0.25, 0.3) is 5.56 Å². The number of benzene rings is 1. The summed E-state index contributed by atoms with van der Waals surface area (Å²) in [4.78, 5) is 42.0. The van der Waals surface area contributed by atoms with Crippen molar-refractivity contribution in [3.63, 3.8) is 0 Å². The highest BCUT2D eigenvalue weighted by molar-refractivity contribution is 5.71. The molecule has 0 spiro atoms. The molecule has 0 saturated carbocycles. The van der Waals surface area contributed by atoms with Crippen LogP contribution < -0.4 is 16.0 Å². The molecule has 2 aromatic heterocycles. The van der Waals surface area contributed by atoms with Crippen LogP contribution in [-0.4, -0.2) is 24.0 Å². The zero-order valence-electron chi connectivity index (χ0n) is 15.7. The van der Waals surface area contributed by atoms with Crippen LogP contribution in [0.3, 0.4) is 0 Å². The molecule has 10 nitrogen and oxygen atoms in total. The molecule has 1 N–H and O–H groups in total. The fraction of sp³-hybridized carbons (Fsp3) is 0.389. The number of para-hydroxylation sites is 2. The molecule has 0 fully saturated rings. The number of unbranched alkanes of at least 4 members (excludes halogenated alkanes) is 1. The van der Waals surface area contributed by atoms with E-state index in [0.717, 1.165) is 12.8 Å². The highest BCUT2D eigenvalue weighted by Crippen LogP contribution is 2.26. The predicted octanol–water partition coefficient (Wildman–Crippen LogP) is 2.19. The van der Waals surface area contributed by atoms with E-state index < -0.39 is 16.2 Å². The molecule has 3 aromatic rings. The first-order valence-corrected chi connectivity index (χ1v) is 9.06. The standard InChI is InChI=1S/C18H21N5O5/c1-3-5-10-22-16-15(17(24)20-18(22)25)21(4-2)14(19-16)11-28-13-9-7-6-8-12(13)23(26)27/h6-9H,3-5,10-11H2,1-2H3,(H,20,24,25). The number of nitro benzene ring substituents is 1. The number of nitrogens with zero attached hydrogens (tertiary/aromatic N) is 4. The lowest BCUT2D eigenvalue weighted by Crippen LogP contribution is -2.31. The zero-order chi connectivity index (χ0) is 20.3. The van der Waals surface area contributed by atoms with Gasteiger partial charge in [0.05, 0.1) is 4.92 Å². The van der Waals surface area contributed by atoms with Crippen LogP contribution in [0.1, 0.15) is 32.5 Å². The first kappa shape index (κ1) is 19.3. The zero-order valence-corrected chi connectivity index (χ0v) is 15.7. The minimum atomic E-state index is -0.523. The van der Waals surface area contributed by atoms with Crippen LogP contribution in [0.5, 0.6) is 5.75 Å². The van der Waals surface area contributed by atoms with Gasteiger partial charge in [-0.25, -0.2) is 9.78 Å². The Hall–Kier alpha value is -3.43. The molecule has 0 bridgehead atoms. The number of H-pyrrole nitrogens is 1. The Morgan fingerprint density at radius 1 is 1.21 bits per heavy atom. The van der Waals surface area contributed by atoms with Crippen molar-refractivity contribution in [2.24, 2.45) is 0 Å². The molecule has 148 valence electrons. The van der Waals surface area contributed by atoms with Gasteiger partial charge in [0.2, 0.25) is 0 Å². The Morgan fingerprint density at radius 2 is 1.96 bits per heavy atom. The highest BCUT2D eigenvalue weighted by atomic mass is 16.6. The third kappa shape index (κ3) is 3.53. The molecule has 3 rings (SSSR count). The van der Waals surface area contributed by atoms with E-state index >= 15 is 0 Å². The van der Waals surface area contributed by atoms with Gasteiger partial charge < -0.3 is 9.30 Å². The predicted molar refractivity (Wildman–Crippen MR) is 103 cm³/mol. The van der Waals surface area contributed by atoms with Crippen molar-refractivity contribution in [2.75, 3.05) is 0 Å². The van der Waals surface area contributed by atoms with Crippen LogP contribution in [0.15, 0.2) is 33.9 Å². The fourth-order valence-electron chi connectivity index (χ4n) is 3.06. The summed E-state index contributed by atoms with van der Waals surface area (Å²) in [6.45, 7) is 4.64. The monoisotopic (exact) mass is 387 g/mol. The second kappa shape index (κ2) is 8.07. The molecule has 1 aromatic carbocycles. The second-order valence-corrected chi connectivity index (χ2v) is 6.22. The van der Waals surface area contributed by atoms with E-state index in [4.69, 9.17) is 4.74 Å². The summed E-state index contributed by atoms with van der Waals surface area (Å²) in [5, 5.41) is 11.1. The second-order valence-electron chi connectivity index (χ2n) is 6.22. The number of hydrogen-bond donors (Lipinski definition) is 1. The van der Waals surface area contributed by atoms with Crippen LogP contribution in [0, 0.1) is 10.1 Å². The lowest BCUT2D eigenvalue weighted by Gasteiger charge is -2.08. The van der Waals surface area contributed by atoms with Crippen LogP contribution in [-0.2, 0) is 19.7 Å². The number of fused-ring (bicyclic) bond motifs is 1. The Kier molecular flexibility index (Phi) is 5.57. The molecule has 10 heteroatoms. The number of aromatic amines is 1. The summed E-state index contributed by atoms with van der Waals surface area (Å²) in [6.07, 6.45) is 1.65. The molecule has 2 heterocycles. The lowest BCUT2D eigenvalue weighted by molar-refractivity contribution is -0.386. The smallest absolute Gasteiger partial charge is 0.330 e. The van der Waals surface area contributed by atoms with Gasteiger partial charge in [0, 0.05) is 19.2 Å². The van der Waals surface area contributed by atoms with Gasteiger partial charge in [-0.1, -0.05) is 25.5 Å². The largest absolute Gasteiger partial charge is 0.479 e. The number of aromatic nitrogens is 4.